The van der Waals surface area contributed by atoms with E-state index in [0.29, 0.717) is 6.04 Å². The van der Waals surface area contributed by atoms with E-state index >= 15 is 0 Å². The van der Waals surface area contributed by atoms with Crippen LogP contribution < -0.4 is 5.32 Å². The molecular formula is C12H19N3OS. The number of piperidine rings is 1. The molecule has 0 atom stereocenters. The average molecular weight is 253 g/mol. The Morgan fingerprint density at radius 2 is 2.24 bits per heavy atom. The van der Waals surface area contributed by atoms with Crippen molar-refractivity contribution in [3.05, 3.63) is 17.5 Å². The summed E-state index contributed by atoms with van der Waals surface area (Å²) in [4.78, 5) is 16.1. The zero-order valence-corrected chi connectivity index (χ0v) is 11.2. The highest BCUT2D eigenvalue weighted by atomic mass is 32.1. The number of rotatable bonds is 2. The zero-order chi connectivity index (χ0) is 12.3. The van der Waals surface area contributed by atoms with E-state index in [1.54, 1.807) is 11.3 Å². The molecule has 2 amide bonds. The van der Waals surface area contributed by atoms with Crippen LogP contribution in [0.1, 0.15) is 12.8 Å². The summed E-state index contributed by atoms with van der Waals surface area (Å²) in [5.74, 6) is 0. The quantitative estimate of drug-likeness (QED) is 0.878. The molecule has 1 aromatic heterocycles. The van der Waals surface area contributed by atoms with Crippen molar-refractivity contribution in [1.82, 2.24) is 9.80 Å². The largest absolute Gasteiger partial charge is 0.324 e. The van der Waals surface area contributed by atoms with E-state index in [9.17, 15) is 4.79 Å². The molecule has 5 heteroatoms. The SMILES string of the molecule is CN1CCC(N(C)C(=O)Nc2cccs2)CC1. The van der Waals surface area contributed by atoms with Crippen LogP contribution in [0.25, 0.3) is 0 Å². The third-order valence-electron chi connectivity index (χ3n) is 3.31. The van der Waals surface area contributed by atoms with Gasteiger partial charge in [0.25, 0.3) is 0 Å². The average Bonchev–Trinajstić information content (AvgIpc) is 2.82. The van der Waals surface area contributed by atoms with Gasteiger partial charge in [-0.2, -0.15) is 0 Å². The van der Waals surface area contributed by atoms with Crippen LogP contribution in [0.5, 0.6) is 0 Å². The van der Waals surface area contributed by atoms with E-state index in [1.807, 2.05) is 29.5 Å². The smallest absolute Gasteiger partial charge is 0.322 e. The number of carbonyl (C=O) groups is 1. The van der Waals surface area contributed by atoms with Gasteiger partial charge in [0.1, 0.15) is 0 Å². The maximum absolute atomic E-state index is 12.0. The van der Waals surface area contributed by atoms with Gasteiger partial charge in [-0.15, -0.1) is 11.3 Å². The van der Waals surface area contributed by atoms with Gasteiger partial charge in [-0.25, -0.2) is 4.79 Å². The van der Waals surface area contributed by atoms with Crippen LogP contribution in [0, 0.1) is 0 Å². The fraction of sp³-hybridized carbons (Fsp3) is 0.583. The summed E-state index contributed by atoms with van der Waals surface area (Å²) in [6.45, 7) is 2.14. The number of nitrogens with zero attached hydrogens (tertiary/aromatic N) is 2. The Morgan fingerprint density at radius 1 is 1.53 bits per heavy atom. The summed E-state index contributed by atoms with van der Waals surface area (Å²) in [5.41, 5.74) is 0. The van der Waals surface area contributed by atoms with Crippen molar-refractivity contribution < 1.29 is 4.79 Å². The molecule has 2 heterocycles. The lowest BCUT2D eigenvalue weighted by Gasteiger charge is -2.34. The van der Waals surface area contributed by atoms with Gasteiger partial charge in [0.15, 0.2) is 0 Å². The maximum Gasteiger partial charge on any atom is 0.322 e. The van der Waals surface area contributed by atoms with Crippen molar-refractivity contribution in [1.29, 1.82) is 0 Å². The van der Waals surface area contributed by atoms with Gasteiger partial charge < -0.3 is 9.80 Å². The molecule has 0 radical (unpaired) electrons. The lowest BCUT2D eigenvalue weighted by molar-refractivity contribution is 0.156. The number of carbonyl (C=O) groups excluding carboxylic acids is 1. The second-order valence-corrected chi connectivity index (χ2v) is 5.50. The van der Waals surface area contributed by atoms with E-state index in [-0.39, 0.29) is 6.03 Å². The molecule has 0 aliphatic carbocycles. The number of hydrogen-bond donors (Lipinski definition) is 1. The molecule has 1 fully saturated rings. The molecule has 0 saturated carbocycles. The van der Waals surface area contributed by atoms with Gasteiger partial charge in [-0.05, 0) is 50.5 Å². The van der Waals surface area contributed by atoms with E-state index < -0.39 is 0 Å². The number of urea groups is 1. The highest BCUT2D eigenvalue weighted by Gasteiger charge is 2.23. The normalized spacial score (nSPS) is 18.0. The van der Waals surface area contributed by atoms with Crippen molar-refractivity contribution in [2.45, 2.75) is 18.9 Å². The predicted molar refractivity (Wildman–Crippen MR) is 71.6 cm³/mol. The van der Waals surface area contributed by atoms with E-state index in [1.165, 1.54) is 0 Å². The zero-order valence-electron chi connectivity index (χ0n) is 10.3. The Balaban J connectivity index is 1.86. The van der Waals surface area contributed by atoms with Crippen LogP contribution >= 0.6 is 11.3 Å². The molecule has 0 aromatic carbocycles. The minimum atomic E-state index is 0.00185. The minimum absolute atomic E-state index is 0.00185. The first-order valence-electron chi connectivity index (χ1n) is 5.92. The third kappa shape index (κ3) is 3.20. The van der Waals surface area contributed by atoms with Gasteiger partial charge in [-0.3, -0.25) is 5.32 Å². The Hall–Kier alpha value is -1.07. The lowest BCUT2D eigenvalue weighted by atomic mass is 10.0. The van der Waals surface area contributed by atoms with Crippen LogP contribution in [0.2, 0.25) is 0 Å². The molecule has 1 N–H and O–H groups in total. The second-order valence-electron chi connectivity index (χ2n) is 4.55. The van der Waals surface area contributed by atoms with Crippen LogP contribution in [0.4, 0.5) is 9.80 Å². The molecule has 2 rings (SSSR count). The van der Waals surface area contributed by atoms with Crippen LogP contribution in [0.15, 0.2) is 17.5 Å². The number of anilines is 1. The Kier molecular flexibility index (Phi) is 4.02. The minimum Gasteiger partial charge on any atom is -0.324 e. The van der Waals surface area contributed by atoms with Crippen LogP contribution in [-0.2, 0) is 0 Å². The molecule has 17 heavy (non-hydrogen) atoms. The predicted octanol–water partition coefficient (Wildman–Crippen LogP) is 2.31. The van der Waals surface area contributed by atoms with Crippen molar-refractivity contribution in [2.75, 3.05) is 32.5 Å². The summed E-state index contributed by atoms with van der Waals surface area (Å²) in [5, 5.41) is 5.80. The second kappa shape index (κ2) is 5.51. The van der Waals surface area contributed by atoms with Gasteiger partial charge in [-0.1, -0.05) is 0 Å². The summed E-state index contributed by atoms with van der Waals surface area (Å²) in [6.07, 6.45) is 2.12. The van der Waals surface area contributed by atoms with Gasteiger partial charge >= 0.3 is 6.03 Å². The summed E-state index contributed by atoms with van der Waals surface area (Å²) >= 11 is 1.55. The third-order valence-corrected chi connectivity index (χ3v) is 4.09. The monoisotopic (exact) mass is 253 g/mol. The fourth-order valence-corrected chi connectivity index (χ4v) is 2.70. The van der Waals surface area contributed by atoms with Gasteiger partial charge in [0.2, 0.25) is 0 Å². The molecule has 0 unspecified atom stereocenters. The number of nitrogens with one attached hydrogen (secondary N) is 1. The molecule has 1 saturated heterocycles. The molecule has 0 spiro atoms. The summed E-state index contributed by atoms with van der Waals surface area (Å²) < 4.78 is 0. The van der Waals surface area contributed by atoms with Crippen LogP contribution in [0.3, 0.4) is 0 Å². The van der Waals surface area contributed by atoms with E-state index in [4.69, 9.17) is 0 Å². The Morgan fingerprint density at radius 3 is 2.82 bits per heavy atom. The lowest BCUT2D eigenvalue weighted by Crippen LogP contribution is -2.45. The first-order chi connectivity index (χ1) is 8.16. The molecule has 1 aromatic rings. The van der Waals surface area contributed by atoms with Crippen molar-refractivity contribution >= 4 is 22.4 Å². The van der Waals surface area contributed by atoms with E-state index in [2.05, 4.69) is 17.3 Å². The van der Waals surface area contributed by atoms with E-state index in [0.717, 1.165) is 30.9 Å². The number of likely N-dealkylation sites (tertiary alicyclic amines) is 1. The highest BCUT2D eigenvalue weighted by Crippen LogP contribution is 2.18. The van der Waals surface area contributed by atoms with Crippen LogP contribution in [-0.4, -0.2) is 49.1 Å². The topological polar surface area (TPSA) is 35.6 Å². The summed E-state index contributed by atoms with van der Waals surface area (Å²) in [6, 6.07) is 4.23. The van der Waals surface area contributed by atoms with Crippen molar-refractivity contribution in [2.24, 2.45) is 0 Å². The first kappa shape index (κ1) is 12.4. The molecule has 94 valence electrons. The number of hydrogen-bond acceptors (Lipinski definition) is 3. The number of amides is 2. The standard InChI is InChI=1S/C12H19N3OS/c1-14-7-5-10(6-8-14)15(2)12(16)13-11-4-3-9-17-11/h3-4,9-10H,5-8H2,1-2H3,(H,13,16). The van der Waals surface area contributed by atoms with Gasteiger partial charge in [0, 0.05) is 13.1 Å². The molecule has 1 aliphatic heterocycles. The molecular weight excluding hydrogens is 234 g/mol. The van der Waals surface area contributed by atoms with Crippen molar-refractivity contribution in [3.8, 4) is 0 Å². The molecule has 4 nitrogen and oxygen atoms in total. The summed E-state index contributed by atoms with van der Waals surface area (Å²) in [7, 11) is 4.01. The maximum atomic E-state index is 12.0. The van der Waals surface area contributed by atoms with Crippen molar-refractivity contribution in [3.63, 3.8) is 0 Å². The molecule has 0 bridgehead atoms. The number of thiophene rings is 1. The fourth-order valence-electron chi connectivity index (χ4n) is 2.09. The Bertz CT molecular complexity index is 358. The first-order valence-corrected chi connectivity index (χ1v) is 6.80. The molecule has 1 aliphatic rings. The van der Waals surface area contributed by atoms with Gasteiger partial charge in [0.05, 0.1) is 5.00 Å². The Labute approximate surface area is 106 Å². The highest BCUT2D eigenvalue weighted by molar-refractivity contribution is 7.14.